The van der Waals surface area contributed by atoms with Crippen molar-refractivity contribution in [1.29, 1.82) is 5.26 Å². The van der Waals surface area contributed by atoms with Crippen molar-refractivity contribution in [2.24, 2.45) is 0 Å². The van der Waals surface area contributed by atoms with Crippen LogP contribution in [-0.2, 0) is 0 Å². The van der Waals surface area contributed by atoms with E-state index < -0.39 is 0 Å². The van der Waals surface area contributed by atoms with Crippen molar-refractivity contribution in [3.8, 4) is 40.0 Å². The Hall–Kier alpha value is -2.97. The van der Waals surface area contributed by atoms with Gasteiger partial charge < -0.3 is 9.47 Å². The Morgan fingerprint density at radius 1 is 0.929 bits per heavy atom. The molecule has 0 aliphatic rings. The standard InChI is InChI=1S/C23H22N2O2S/c1-4-13-28-23-21(15-24)20(16-5-9-18(26-2)10-6-16)14-22(25-23)17-7-11-19(27-3)12-8-17/h5-12,14H,4,13H2,1-3H3. The first kappa shape index (κ1) is 19.8. The average molecular weight is 391 g/mol. The number of rotatable bonds is 7. The quantitative estimate of drug-likeness (QED) is 0.477. The van der Waals surface area contributed by atoms with Gasteiger partial charge >= 0.3 is 0 Å². The van der Waals surface area contributed by atoms with Crippen molar-refractivity contribution >= 4 is 11.8 Å². The van der Waals surface area contributed by atoms with E-state index in [4.69, 9.17) is 14.5 Å². The van der Waals surface area contributed by atoms with Crippen molar-refractivity contribution < 1.29 is 9.47 Å². The highest BCUT2D eigenvalue weighted by atomic mass is 32.2. The third-order valence-corrected chi connectivity index (χ3v) is 5.51. The Kier molecular flexibility index (Phi) is 6.57. The van der Waals surface area contributed by atoms with Crippen LogP contribution < -0.4 is 9.47 Å². The van der Waals surface area contributed by atoms with Crippen LogP contribution in [0.4, 0.5) is 0 Å². The molecule has 28 heavy (non-hydrogen) atoms. The molecule has 0 atom stereocenters. The van der Waals surface area contributed by atoms with Gasteiger partial charge in [0.1, 0.15) is 22.6 Å². The zero-order chi connectivity index (χ0) is 19.9. The van der Waals surface area contributed by atoms with Gasteiger partial charge in [-0.2, -0.15) is 5.26 Å². The second-order valence-corrected chi connectivity index (χ2v) is 7.24. The van der Waals surface area contributed by atoms with Crippen LogP contribution in [0.5, 0.6) is 11.5 Å². The van der Waals surface area contributed by atoms with Crippen LogP contribution in [-0.4, -0.2) is 25.0 Å². The van der Waals surface area contributed by atoms with Crippen LogP contribution in [0.15, 0.2) is 59.6 Å². The molecule has 3 rings (SSSR count). The Labute approximate surface area is 170 Å². The van der Waals surface area contributed by atoms with Crippen LogP contribution in [0.3, 0.4) is 0 Å². The summed E-state index contributed by atoms with van der Waals surface area (Å²) in [6.45, 7) is 2.12. The molecule has 3 aromatic rings. The maximum absolute atomic E-state index is 9.85. The van der Waals surface area contributed by atoms with Crippen molar-refractivity contribution in [1.82, 2.24) is 4.98 Å². The fraction of sp³-hybridized carbons (Fsp3) is 0.217. The minimum absolute atomic E-state index is 0.612. The lowest BCUT2D eigenvalue weighted by Crippen LogP contribution is -1.96. The normalized spacial score (nSPS) is 10.4. The highest BCUT2D eigenvalue weighted by Crippen LogP contribution is 2.35. The van der Waals surface area contributed by atoms with E-state index in [2.05, 4.69) is 13.0 Å². The van der Waals surface area contributed by atoms with Crippen LogP contribution in [0.1, 0.15) is 18.9 Å². The number of thioether (sulfide) groups is 1. The molecular formula is C23H22N2O2S. The van der Waals surface area contributed by atoms with E-state index in [1.54, 1.807) is 26.0 Å². The topological polar surface area (TPSA) is 55.1 Å². The minimum atomic E-state index is 0.612. The number of nitriles is 1. The Morgan fingerprint density at radius 3 is 2.00 bits per heavy atom. The van der Waals surface area contributed by atoms with Crippen LogP contribution >= 0.6 is 11.8 Å². The fourth-order valence-electron chi connectivity index (χ4n) is 2.84. The molecule has 0 amide bonds. The van der Waals surface area contributed by atoms with E-state index in [9.17, 15) is 5.26 Å². The van der Waals surface area contributed by atoms with Gasteiger partial charge in [0.15, 0.2) is 0 Å². The molecule has 2 aromatic carbocycles. The molecule has 142 valence electrons. The molecule has 1 heterocycles. The Bertz CT molecular complexity index is 977. The van der Waals surface area contributed by atoms with Gasteiger partial charge in [-0.05, 0) is 60.2 Å². The molecule has 0 N–H and O–H groups in total. The predicted octanol–water partition coefficient (Wildman–Crippen LogP) is 5.81. The maximum atomic E-state index is 9.85. The van der Waals surface area contributed by atoms with E-state index in [1.807, 2.05) is 54.6 Å². The summed E-state index contributed by atoms with van der Waals surface area (Å²) < 4.78 is 10.5. The van der Waals surface area contributed by atoms with Gasteiger partial charge in [0.25, 0.3) is 0 Å². The summed E-state index contributed by atoms with van der Waals surface area (Å²) >= 11 is 1.62. The monoisotopic (exact) mass is 390 g/mol. The molecule has 0 spiro atoms. The smallest absolute Gasteiger partial charge is 0.118 e. The third kappa shape index (κ3) is 4.29. The summed E-state index contributed by atoms with van der Waals surface area (Å²) in [5.41, 5.74) is 4.28. The molecule has 0 fully saturated rings. The summed E-state index contributed by atoms with van der Waals surface area (Å²) in [6.07, 6.45) is 1.02. The summed E-state index contributed by atoms with van der Waals surface area (Å²) in [5.74, 6) is 2.50. The number of nitrogens with zero attached hydrogens (tertiary/aromatic N) is 2. The number of hydrogen-bond donors (Lipinski definition) is 0. The summed E-state index contributed by atoms with van der Waals surface area (Å²) in [4.78, 5) is 4.80. The first-order valence-electron chi connectivity index (χ1n) is 9.07. The number of ether oxygens (including phenoxy) is 2. The lowest BCUT2D eigenvalue weighted by atomic mass is 9.99. The second kappa shape index (κ2) is 9.29. The highest BCUT2D eigenvalue weighted by Gasteiger charge is 2.16. The molecule has 0 aliphatic carbocycles. The summed E-state index contributed by atoms with van der Waals surface area (Å²) in [7, 11) is 3.29. The zero-order valence-electron chi connectivity index (χ0n) is 16.2. The van der Waals surface area contributed by atoms with Crippen LogP contribution in [0.25, 0.3) is 22.4 Å². The predicted molar refractivity (Wildman–Crippen MR) is 114 cm³/mol. The largest absolute Gasteiger partial charge is 0.497 e. The molecule has 5 heteroatoms. The van der Waals surface area contributed by atoms with Crippen LogP contribution in [0.2, 0.25) is 0 Å². The summed E-state index contributed by atoms with van der Waals surface area (Å²) in [5, 5.41) is 10.6. The van der Waals surface area contributed by atoms with Crippen molar-refractivity contribution in [3.63, 3.8) is 0 Å². The molecule has 1 aromatic heterocycles. The van der Waals surface area contributed by atoms with E-state index in [1.165, 1.54) is 0 Å². The van der Waals surface area contributed by atoms with Gasteiger partial charge in [-0.15, -0.1) is 11.8 Å². The van der Waals surface area contributed by atoms with Gasteiger partial charge in [-0.3, -0.25) is 0 Å². The van der Waals surface area contributed by atoms with Gasteiger partial charge in [0, 0.05) is 11.1 Å². The summed E-state index contributed by atoms with van der Waals surface area (Å²) in [6, 6.07) is 19.9. The van der Waals surface area contributed by atoms with E-state index >= 15 is 0 Å². The number of benzene rings is 2. The third-order valence-electron chi connectivity index (χ3n) is 4.33. The molecule has 0 saturated carbocycles. The Morgan fingerprint density at radius 2 is 1.50 bits per heavy atom. The minimum Gasteiger partial charge on any atom is -0.497 e. The van der Waals surface area contributed by atoms with Gasteiger partial charge in [0.2, 0.25) is 0 Å². The number of aromatic nitrogens is 1. The average Bonchev–Trinajstić information content (AvgIpc) is 2.77. The lowest BCUT2D eigenvalue weighted by molar-refractivity contribution is 0.415. The van der Waals surface area contributed by atoms with Gasteiger partial charge in [-0.25, -0.2) is 4.98 Å². The van der Waals surface area contributed by atoms with Crippen molar-refractivity contribution in [2.75, 3.05) is 20.0 Å². The number of hydrogen-bond acceptors (Lipinski definition) is 5. The molecular weight excluding hydrogens is 368 g/mol. The Balaban J connectivity index is 2.15. The molecule has 0 radical (unpaired) electrons. The molecule has 4 nitrogen and oxygen atoms in total. The number of methoxy groups -OCH3 is 2. The lowest BCUT2D eigenvalue weighted by Gasteiger charge is -2.13. The van der Waals surface area contributed by atoms with E-state index in [-0.39, 0.29) is 0 Å². The first-order valence-corrected chi connectivity index (χ1v) is 10.1. The van der Waals surface area contributed by atoms with Gasteiger partial charge in [0.05, 0.1) is 25.5 Å². The molecule has 0 bridgehead atoms. The molecule has 0 unspecified atom stereocenters. The first-order chi connectivity index (χ1) is 13.7. The second-order valence-electron chi connectivity index (χ2n) is 6.15. The SMILES string of the molecule is CCCSc1nc(-c2ccc(OC)cc2)cc(-c2ccc(OC)cc2)c1C#N. The van der Waals surface area contributed by atoms with Crippen LogP contribution in [0, 0.1) is 11.3 Å². The van der Waals surface area contributed by atoms with E-state index in [0.29, 0.717) is 5.56 Å². The van der Waals surface area contributed by atoms with Gasteiger partial charge in [-0.1, -0.05) is 19.1 Å². The molecule has 0 aliphatic heterocycles. The van der Waals surface area contributed by atoms with Crippen molar-refractivity contribution in [2.45, 2.75) is 18.4 Å². The van der Waals surface area contributed by atoms with E-state index in [0.717, 1.165) is 51.1 Å². The zero-order valence-corrected chi connectivity index (χ0v) is 17.0. The van der Waals surface area contributed by atoms with Crippen molar-refractivity contribution in [3.05, 3.63) is 60.2 Å². The maximum Gasteiger partial charge on any atom is 0.118 e. The number of pyridine rings is 1. The fourth-order valence-corrected chi connectivity index (χ4v) is 3.70. The highest BCUT2D eigenvalue weighted by molar-refractivity contribution is 7.99. The molecule has 0 saturated heterocycles.